The first-order valence-corrected chi connectivity index (χ1v) is 3.91. The molecule has 0 fully saturated rings. The number of ether oxygens (including phenoxy) is 1. The van der Waals surface area contributed by atoms with E-state index in [1.165, 1.54) is 12.1 Å². The lowest BCUT2D eigenvalue weighted by atomic mass is 10.3. The van der Waals surface area contributed by atoms with Crippen LogP contribution < -0.4 is 5.43 Å². The molecule has 0 bridgehead atoms. The van der Waals surface area contributed by atoms with Crippen molar-refractivity contribution in [1.82, 2.24) is 5.43 Å². The summed E-state index contributed by atoms with van der Waals surface area (Å²) in [6.45, 7) is -0.0729. The van der Waals surface area contributed by atoms with Crippen LogP contribution in [0.15, 0.2) is 21.7 Å². The molecule has 0 unspecified atom stereocenters. The minimum absolute atomic E-state index is 0.0729. The van der Waals surface area contributed by atoms with Gasteiger partial charge >= 0.3 is 12.0 Å². The smallest absolute Gasteiger partial charge is 0.433 e. The van der Waals surface area contributed by atoms with Crippen molar-refractivity contribution in [2.45, 2.75) is 0 Å². The molecule has 2 heterocycles. The third-order valence-electron chi connectivity index (χ3n) is 1.68. The van der Waals surface area contributed by atoms with Gasteiger partial charge in [-0.2, -0.15) is 5.10 Å². The molecule has 1 aromatic rings. The molecule has 1 aromatic heterocycles. The summed E-state index contributed by atoms with van der Waals surface area (Å²) in [6.07, 6.45) is -0.667. The van der Waals surface area contributed by atoms with Crippen molar-refractivity contribution < 1.29 is 18.9 Å². The number of nitro groups is 1. The highest BCUT2D eigenvalue weighted by Crippen LogP contribution is 2.16. The van der Waals surface area contributed by atoms with Crippen molar-refractivity contribution >= 4 is 17.7 Å². The Hall–Kier alpha value is -2.38. The van der Waals surface area contributed by atoms with Crippen LogP contribution in [0.2, 0.25) is 0 Å². The molecule has 1 N–H and O–H groups in total. The fourth-order valence-corrected chi connectivity index (χ4v) is 1.02. The van der Waals surface area contributed by atoms with E-state index in [4.69, 9.17) is 4.42 Å². The van der Waals surface area contributed by atoms with Crippen LogP contribution in [-0.2, 0) is 4.74 Å². The normalized spacial score (nSPS) is 15.2. The predicted molar refractivity (Wildman–Crippen MR) is 46.4 cm³/mol. The van der Waals surface area contributed by atoms with Crippen molar-refractivity contribution in [2.75, 3.05) is 6.61 Å². The molecule has 2 rings (SSSR count). The summed E-state index contributed by atoms with van der Waals surface area (Å²) < 4.78 is 9.46. The molecule has 1 amide bonds. The van der Waals surface area contributed by atoms with Crippen LogP contribution in [0.1, 0.15) is 5.76 Å². The number of amides is 1. The van der Waals surface area contributed by atoms with E-state index >= 15 is 0 Å². The largest absolute Gasteiger partial charge is 0.442 e. The minimum Gasteiger partial charge on any atom is -0.442 e. The van der Waals surface area contributed by atoms with Gasteiger partial charge in [0.1, 0.15) is 17.2 Å². The zero-order valence-electron chi connectivity index (χ0n) is 7.30. The second-order valence-electron chi connectivity index (χ2n) is 2.64. The van der Waals surface area contributed by atoms with E-state index < -0.39 is 11.0 Å². The quantitative estimate of drug-likeness (QED) is 0.570. The molecule has 1 aliphatic rings. The molecule has 0 spiro atoms. The number of hydrogen-bond donors (Lipinski definition) is 1. The van der Waals surface area contributed by atoms with E-state index in [-0.39, 0.29) is 18.3 Å². The third-order valence-corrected chi connectivity index (χ3v) is 1.68. The van der Waals surface area contributed by atoms with Crippen molar-refractivity contribution in [1.29, 1.82) is 0 Å². The van der Waals surface area contributed by atoms with Crippen LogP contribution in [0.3, 0.4) is 0 Å². The highest BCUT2D eigenvalue weighted by molar-refractivity contribution is 6.01. The SMILES string of the molecule is O=C1NN=C(c2ccc([N+](=O)[O-])o2)CO1. The Labute approximate surface area is 82.7 Å². The summed E-state index contributed by atoms with van der Waals surface area (Å²) in [4.78, 5) is 20.2. The molecule has 1 aliphatic heterocycles. The lowest BCUT2D eigenvalue weighted by molar-refractivity contribution is -0.402. The van der Waals surface area contributed by atoms with Gasteiger partial charge in [0, 0.05) is 0 Å². The Morgan fingerprint density at radius 2 is 2.33 bits per heavy atom. The monoisotopic (exact) mass is 211 g/mol. The van der Waals surface area contributed by atoms with Gasteiger partial charge in [0.15, 0.2) is 5.76 Å². The highest BCUT2D eigenvalue weighted by Gasteiger charge is 2.20. The molecule has 8 heteroatoms. The lowest BCUT2D eigenvalue weighted by Crippen LogP contribution is -2.30. The summed E-state index contributed by atoms with van der Waals surface area (Å²) in [6, 6.07) is 2.59. The number of nitrogens with zero attached hydrogens (tertiary/aromatic N) is 2. The Morgan fingerprint density at radius 1 is 1.53 bits per heavy atom. The van der Waals surface area contributed by atoms with Crippen LogP contribution in [0.25, 0.3) is 0 Å². The van der Waals surface area contributed by atoms with Gasteiger partial charge in [-0.15, -0.1) is 0 Å². The highest BCUT2D eigenvalue weighted by atomic mass is 16.6. The fraction of sp³-hybridized carbons (Fsp3) is 0.143. The van der Waals surface area contributed by atoms with E-state index in [1.54, 1.807) is 0 Å². The number of carbonyl (C=O) groups excluding carboxylic acids is 1. The molecule has 0 saturated heterocycles. The maximum Gasteiger partial charge on any atom is 0.433 e. The molecular formula is C7H5N3O5. The molecular weight excluding hydrogens is 206 g/mol. The van der Waals surface area contributed by atoms with Gasteiger partial charge in [0.25, 0.3) is 0 Å². The minimum atomic E-state index is -0.667. The van der Waals surface area contributed by atoms with Crippen molar-refractivity contribution in [3.63, 3.8) is 0 Å². The standard InChI is InChI=1S/C7H5N3O5/c11-7-9-8-4(3-14-7)5-1-2-6(15-5)10(12)13/h1-2H,3H2,(H,9,11). The van der Waals surface area contributed by atoms with Gasteiger partial charge in [-0.3, -0.25) is 10.1 Å². The topological polar surface area (TPSA) is 107 Å². The molecule has 0 aliphatic carbocycles. The van der Waals surface area contributed by atoms with Crippen LogP contribution in [0.5, 0.6) is 0 Å². The van der Waals surface area contributed by atoms with Crippen molar-refractivity contribution in [3.8, 4) is 0 Å². The maximum absolute atomic E-state index is 10.6. The van der Waals surface area contributed by atoms with Crippen LogP contribution in [0.4, 0.5) is 10.7 Å². The average molecular weight is 211 g/mol. The Bertz CT molecular complexity index is 449. The molecule has 0 radical (unpaired) electrons. The molecule has 0 aromatic carbocycles. The number of hydrogen-bond acceptors (Lipinski definition) is 6. The van der Waals surface area contributed by atoms with Gasteiger partial charge < -0.3 is 9.15 Å². The molecule has 8 nitrogen and oxygen atoms in total. The van der Waals surface area contributed by atoms with Crippen LogP contribution >= 0.6 is 0 Å². The Balaban J connectivity index is 2.23. The summed E-state index contributed by atoms with van der Waals surface area (Å²) in [7, 11) is 0. The second kappa shape index (κ2) is 3.40. The third kappa shape index (κ3) is 1.77. The van der Waals surface area contributed by atoms with Crippen molar-refractivity contribution in [3.05, 3.63) is 28.0 Å². The van der Waals surface area contributed by atoms with E-state index in [1.807, 2.05) is 0 Å². The molecule has 0 atom stereocenters. The maximum atomic E-state index is 10.6. The van der Waals surface area contributed by atoms with Gasteiger partial charge in [-0.05, 0) is 6.07 Å². The zero-order valence-corrected chi connectivity index (χ0v) is 7.30. The number of hydrazone groups is 1. The lowest BCUT2D eigenvalue weighted by Gasteiger charge is -2.10. The number of carbonyl (C=O) groups is 1. The van der Waals surface area contributed by atoms with Gasteiger partial charge in [-0.1, -0.05) is 0 Å². The van der Waals surface area contributed by atoms with E-state index in [9.17, 15) is 14.9 Å². The van der Waals surface area contributed by atoms with Crippen LogP contribution in [-0.4, -0.2) is 23.3 Å². The summed E-state index contributed by atoms with van der Waals surface area (Å²) >= 11 is 0. The molecule has 0 saturated carbocycles. The second-order valence-corrected chi connectivity index (χ2v) is 2.64. The average Bonchev–Trinajstić information content (AvgIpc) is 2.68. The van der Waals surface area contributed by atoms with Gasteiger partial charge in [0.2, 0.25) is 0 Å². The first-order chi connectivity index (χ1) is 7.16. The Kier molecular flexibility index (Phi) is 2.08. The predicted octanol–water partition coefficient (Wildman–Crippen LogP) is 0.632. The van der Waals surface area contributed by atoms with E-state index in [0.29, 0.717) is 5.71 Å². The van der Waals surface area contributed by atoms with E-state index in [0.717, 1.165) is 0 Å². The number of nitrogens with one attached hydrogen (secondary N) is 1. The number of cyclic esters (lactones) is 1. The molecule has 15 heavy (non-hydrogen) atoms. The summed E-state index contributed by atoms with van der Waals surface area (Å²) in [5.41, 5.74) is 2.36. The summed E-state index contributed by atoms with van der Waals surface area (Å²) in [5.74, 6) is -0.189. The van der Waals surface area contributed by atoms with Gasteiger partial charge in [-0.25, -0.2) is 10.2 Å². The first kappa shape index (κ1) is 9.19. The van der Waals surface area contributed by atoms with Crippen LogP contribution in [0, 0.1) is 10.1 Å². The Morgan fingerprint density at radius 3 is 2.87 bits per heavy atom. The number of furan rings is 1. The number of rotatable bonds is 2. The molecule has 78 valence electrons. The zero-order chi connectivity index (χ0) is 10.8. The summed E-state index contributed by atoms with van der Waals surface area (Å²) in [5, 5.41) is 13.9. The van der Waals surface area contributed by atoms with E-state index in [2.05, 4.69) is 15.3 Å². The van der Waals surface area contributed by atoms with Crippen molar-refractivity contribution in [2.24, 2.45) is 5.10 Å². The first-order valence-electron chi connectivity index (χ1n) is 3.91. The fourth-order valence-electron chi connectivity index (χ4n) is 1.02. The van der Waals surface area contributed by atoms with Gasteiger partial charge in [0.05, 0.1) is 6.07 Å².